The monoisotopic (exact) mass is 258 g/mol. The lowest BCUT2D eigenvalue weighted by Gasteiger charge is -2.10. The average molecular weight is 258 g/mol. The van der Waals surface area contributed by atoms with Crippen LogP contribution in [0.15, 0.2) is 36.4 Å². The van der Waals surface area contributed by atoms with Crippen LogP contribution in [0, 0.1) is 0 Å². The van der Waals surface area contributed by atoms with Crippen LogP contribution in [-0.4, -0.2) is 12.1 Å². The van der Waals surface area contributed by atoms with Crippen LogP contribution < -0.4 is 0 Å². The quantitative estimate of drug-likeness (QED) is 0.604. The Bertz CT molecular complexity index is 422. The molecule has 98 valence electrons. The smallest absolute Gasteiger partial charge is 0.420 e. The zero-order valence-electron chi connectivity index (χ0n) is 9.83. The van der Waals surface area contributed by atoms with Crippen molar-refractivity contribution in [2.24, 2.45) is 0 Å². The summed E-state index contributed by atoms with van der Waals surface area (Å²) in [6.07, 6.45) is -2.21. The van der Waals surface area contributed by atoms with Crippen molar-refractivity contribution in [3.05, 3.63) is 42.0 Å². The van der Waals surface area contributed by atoms with E-state index in [2.05, 4.69) is 4.74 Å². The van der Waals surface area contributed by atoms with Crippen LogP contribution in [-0.2, 0) is 9.53 Å². The highest BCUT2D eigenvalue weighted by atomic mass is 19.4. The van der Waals surface area contributed by atoms with E-state index in [-0.39, 0.29) is 5.76 Å². The number of rotatable bonds is 4. The van der Waals surface area contributed by atoms with Crippen LogP contribution in [0.25, 0.3) is 5.76 Å². The molecule has 18 heavy (non-hydrogen) atoms. The van der Waals surface area contributed by atoms with E-state index >= 15 is 0 Å². The van der Waals surface area contributed by atoms with Crippen molar-refractivity contribution >= 4 is 11.7 Å². The molecule has 0 amide bonds. The first-order valence-corrected chi connectivity index (χ1v) is 5.49. The van der Waals surface area contributed by atoms with Crippen LogP contribution in [0.2, 0.25) is 0 Å². The summed E-state index contributed by atoms with van der Waals surface area (Å²) >= 11 is 0. The van der Waals surface area contributed by atoms with Gasteiger partial charge in [-0.25, -0.2) is 4.79 Å². The van der Waals surface area contributed by atoms with Crippen LogP contribution in [0.4, 0.5) is 13.2 Å². The Balaban J connectivity index is 2.91. The largest absolute Gasteiger partial charge is 0.491 e. The van der Waals surface area contributed by atoms with Crippen molar-refractivity contribution in [3.63, 3.8) is 0 Å². The van der Waals surface area contributed by atoms with E-state index in [0.29, 0.717) is 12.0 Å². The van der Waals surface area contributed by atoms with E-state index in [1.165, 1.54) is 6.08 Å². The lowest BCUT2D eigenvalue weighted by Crippen LogP contribution is -2.24. The van der Waals surface area contributed by atoms with Crippen molar-refractivity contribution < 1.29 is 22.7 Å². The lowest BCUT2D eigenvalue weighted by molar-refractivity contribution is -0.192. The molecule has 0 bridgehead atoms. The summed E-state index contributed by atoms with van der Waals surface area (Å²) in [5, 5.41) is 0. The number of unbranched alkanes of at least 4 members (excludes halogenated alkanes) is 1. The third-order valence-electron chi connectivity index (χ3n) is 2.11. The molecule has 0 heterocycles. The molecule has 0 atom stereocenters. The van der Waals surface area contributed by atoms with E-state index in [0.717, 1.165) is 6.42 Å². The second kappa shape index (κ2) is 6.23. The molecule has 0 aliphatic heterocycles. The number of halogens is 3. The minimum Gasteiger partial charge on any atom is -0.420 e. The average Bonchev–Trinajstić information content (AvgIpc) is 2.34. The maximum atomic E-state index is 12.1. The summed E-state index contributed by atoms with van der Waals surface area (Å²) < 4.78 is 40.8. The molecule has 0 fully saturated rings. The Kier molecular flexibility index (Phi) is 4.95. The van der Waals surface area contributed by atoms with Gasteiger partial charge in [-0.3, -0.25) is 0 Å². The minimum absolute atomic E-state index is 0.0558. The Morgan fingerprint density at radius 3 is 2.39 bits per heavy atom. The first-order chi connectivity index (χ1) is 8.45. The number of hydrogen-bond acceptors (Lipinski definition) is 2. The Hall–Kier alpha value is -1.78. The zero-order valence-corrected chi connectivity index (χ0v) is 9.83. The molecule has 0 spiro atoms. The van der Waals surface area contributed by atoms with Crippen LogP contribution in [0.1, 0.15) is 25.3 Å². The molecule has 0 saturated heterocycles. The highest BCUT2D eigenvalue weighted by Crippen LogP contribution is 2.23. The predicted octanol–water partition coefficient (Wildman–Crippen LogP) is 3.93. The minimum atomic E-state index is -4.99. The van der Waals surface area contributed by atoms with Crippen LogP contribution in [0.5, 0.6) is 0 Å². The normalized spacial score (nSPS) is 12.3. The second-order valence-corrected chi connectivity index (χ2v) is 3.61. The van der Waals surface area contributed by atoms with Gasteiger partial charge in [-0.05, 0) is 12.5 Å². The standard InChI is InChI=1S/C13H13F3O2/c1-2-3-9-11(10-7-5-4-6-8-10)18-12(17)13(14,15)16/h4-9H,2-3H2,1H3. The summed E-state index contributed by atoms with van der Waals surface area (Å²) in [6, 6.07) is 8.23. The Labute approximate surface area is 103 Å². The highest BCUT2D eigenvalue weighted by Gasteiger charge is 2.41. The molecule has 1 rings (SSSR count). The molecule has 0 saturated carbocycles. The van der Waals surface area contributed by atoms with Crippen LogP contribution in [0.3, 0.4) is 0 Å². The molecular formula is C13H13F3O2. The number of allylic oxidation sites excluding steroid dienone is 1. The number of ether oxygens (including phenoxy) is 1. The predicted molar refractivity (Wildman–Crippen MR) is 61.5 cm³/mol. The van der Waals surface area contributed by atoms with Gasteiger partial charge in [0.15, 0.2) is 0 Å². The molecule has 0 unspecified atom stereocenters. The molecule has 0 aliphatic carbocycles. The van der Waals surface area contributed by atoms with Gasteiger partial charge in [0, 0.05) is 5.56 Å². The van der Waals surface area contributed by atoms with E-state index in [1.807, 2.05) is 6.92 Å². The molecule has 5 heteroatoms. The summed E-state index contributed by atoms with van der Waals surface area (Å²) in [7, 11) is 0. The van der Waals surface area contributed by atoms with E-state index in [9.17, 15) is 18.0 Å². The van der Waals surface area contributed by atoms with Gasteiger partial charge in [0.05, 0.1) is 0 Å². The third-order valence-corrected chi connectivity index (χ3v) is 2.11. The van der Waals surface area contributed by atoms with E-state index < -0.39 is 12.1 Å². The Morgan fingerprint density at radius 1 is 1.28 bits per heavy atom. The number of esters is 1. The number of carbonyl (C=O) groups is 1. The summed E-state index contributed by atoms with van der Waals surface area (Å²) in [5.74, 6) is -2.26. The Morgan fingerprint density at radius 2 is 1.89 bits per heavy atom. The molecular weight excluding hydrogens is 245 g/mol. The molecule has 0 radical (unpaired) electrons. The van der Waals surface area contributed by atoms with Gasteiger partial charge in [-0.2, -0.15) is 13.2 Å². The number of carbonyl (C=O) groups excluding carboxylic acids is 1. The van der Waals surface area contributed by atoms with Crippen molar-refractivity contribution in [1.82, 2.24) is 0 Å². The van der Waals surface area contributed by atoms with Gasteiger partial charge in [-0.1, -0.05) is 43.7 Å². The summed E-state index contributed by atoms with van der Waals surface area (Å²) in [6.45, 7) is 1.88. The van der Waals surface area contributed by atoms with Gasteiger partial charge >= 0.3 is 12.1 Å². The molecule has 2 nitrogen and oxygen atoms in total. The van der Waals surface area contributed by atoms with E-state index in [1.54, 1.807) is 30.3 Å². The summed E-state index contributed by atoms with van der Waals surface area (Å²) in [5.41, 5.74) is 0.448. The van der Waals surface area contributed by atoms with Gasteiger partial charge in [0.1, 0.15) is 5.76 Å². The molecule has 1 aromatic carbocycles. The van der Waals surface area contributed by atoms with Gasteiger partial charge < -0.3 is 4.74 Å². The maximum Gasteiger partial charge on any atom is 0.491 e. The molecule has 0 aromatic heterocycles. The van der Waals surface area contributed by atoms with Gasteiger partial charge in [0.25, 0.3) is 0 Å². The first kappa shape index (κ1) is 14.3. The first-order valence-electron chi connectivity index (χ1n) is 5.49. The molecule has 0 aliphatic rings. The maximum absolute atomic E-state index is 12.1. The zero-order chi connectivity index (χ0) is 13.6. The topological polar surface area (TPSA) is 26.3 Å². The number of hydrogen-bond donors (Lipinski definition) is 0. The number of alkyl halides is 3. The van der Waals surface area contributed by atoms with Gasteiger partial charge in [0.2, 0.25) is 0 Å². The fraction of sp³-hybridized carbons (Fsp3) is 0.308. The second-order valence-electron chi connectivity index (χ2n) is 3.61. The van der Waals surface area contributed by atoms with Crippen molar-refractivity contribution in [3.8, 4) is 0 Å². The molecule has 1 aromatic rings. The number of benzene rings is 1. The highest BCUT2D eigenvalue weighted by molar-refractivity contribution is 5.82. The van der Waals surface area contributed by atoms with Crippen molar-refractivity contribution in [1.29, 1.82) is 0 Å². The fourth-order valence-corrected chi connectivity index (χ4v) is 1.25. The molecule has 0 N–H and O–H groups in total. The van der Waals surface area contributed by atoms with Gasteiger partial charge in [-0.15, -0.1) is 0 Å². The SMILES string of the molecule is CCCC=C(OC(=O)C(F)(F)F)c1ccccc1. The van der Waals surface area contributed by atoms with E-state index in [4.69, 9.17) is 0 Å². The fourth-order valence-electron chi connectivity index (χ4n) is 1.25. The lowest BCUT2D eigenvalue weighted by atomic mass is 10.1. The summed E-state index contributed by atoms with van der Waals surface area (Å²) in [4.78, 5) is 10.8. The van der Waals surface area contributed by atoms with Crippen molar-refractivity contribution in [2.75, 3.05) is 0 Å². The third kappa shape index (κ3) is 4.24. The van der Waals surface area contributed by atoms with Crippen LogP contribution >= 0.6 is 0 Å². The van der Waals surface area contributed by atoms with Crippen molar-refractivity contribution in [2.45, 2.75) is 25.9 Å².